The first-order chi connectivity index (χ1) is 7.72. The first-order valence-electron chi connectivity index (χ1n) is 6.83. The number of piperazine rings is 1. The van der Waals surface area contributed by atoms with Crippen LogP contribution in [-0.4, -0.2) is 47.6 Å². The molecule has 0 aromatic rings. The Bertz CT molecular complexity index is 239. The van der Waals surface area contributed by atoms with Crippen LogP contribution < -0.4 is 0 Å². The van der Waals surface area contributed by atoms with Gasteiger partial charge in [0.25, 0.3) is 0 Å². The lowest BCUT2D eigenvalue weighted by Gasteiger charge is -2.49. The van der Waals surface area contributed by atoms with Gasteiger partial charge in [0.1, 0.15) is 0 Å². The number of piperidine rings is 1. The number of rotatable bonds is 3. The van der Waals surface area contributed by atoms with Crippen molar-refractivity contribution < 1.29 is 0 Å². The summed E-state index contributed by atoms with van der Waals surface area (Å²) in [5, 5.41) is 0. The first kappa shape index (κ1) is 12.1. The lowest BCUT2D eigenvalue weighted by Crippen LogP contribution is -2.60. The Morgan fingerprint density at radius 3 is 2.94 bits per heavy atom. The summed E-state index contributed by atoms with van der Waals surface area (Å²) < 4.78 is 0. The van der Waals surface area contributed by atoms with Crippen LogP contribution in [0.3, 0.4) is 0 Å². The Hall–Kier alpha value is -0.340. The van der Waals surface area contributed by atoms with Gasteiger partial charge in [-0.1, -0.05) is 12.5 Å². The fourth-order valence-electron chi connectivity index (χ4n) is 3.37. The SMILES string of the molecule is C=CCC(C)N1CC2CCCCN2CC1C. The molecule has 0 aromatic carbocycles. The van der Waals surface area contributed by atoms with E-state index in [1.807, 2.05) is 0 Å². The van der Waals surface area contributed by atoms with E-state index in [-0.39, 0.29) is 0 Å². The first-order valence-corrected chi connectivity index (χ1v) is 6.83. The second-order valence-electron chi connectivity index (χ2n) is 5.56. The second-order valence-corrected chi connectivity index (χ2v) is 5.56. The molecule has 2 heteroatoms. The van der Waals surface area contributed by atoms with Crippen LogP contribution in [0.15, 0.2) is 12.7 Å². The third-order valence-corrected chi connectivity index (χ3v) is 4.31. The smallest absolute Gasteiger partial charge is 0.0224 e. The molecule has 2 heterocycles. The van der Waals surface area contributed by atoms with Crippen LogP contribution in [0, 0.1) is 0 Å². The molecule has 0 amide bonds. The normalized spacial score (nSPS) is 34.4. The highest BCUT2D eigenvalue weighted by atomic mass is 15.3. The number of hydrogen-bond donors (Lipinski definition) is 0. The zero-order valence-corrected chi connectivity index (χ0v) is 10.9. The van der Waals surface area contributed by atoms with Gasteiger partial charge in [-0.15, -0.1) is 6.58 Å². The Labute approximate surface area is 100 Å². The Morgan fingerprint density at radius 1 is 1.38 bits per heavy atom. The van der Waals surface area contributed by atoms with E-state index in [2.05, 4.69) is 36.3 Å². The van der Waals surface area contributed by atoms with Crippen molar-refractivity contribution in [1.29, 1.82) is 0 Å². The zero-order chi connectivity index (χ0) is 11.5. The van der Waals surface area contributed by atoms with Crippen molar-refractivity contribution in [2.75, 3.05) is 19.6 Å². The molecule has 3 atom stereocenters. The van der Waals surface area contributed by atoms with Crippen LogP contribution in [0.5, 0.6) is 0 Å². The molecule has 0 N–H and O–H groups in total. The maximum atomic E-state index is 3.86. The summed E-state index contributed by atoms with van der Waals surface area (Å²) >= 11 is 0. The van der Waals surface area contributed by atoms with Crippen LogP contribution in [0.1, 0.15) is 39.5 Å². The minimum absolute atomic E-state index is 0.663. The van der Waals surface area contributed by atoms with Crippen LogP contribution in [-0.2, 0) is 0 Å². The summed E-state index contributed by atoms with van der Waals surface area (Å²) in [5.74, 6) is 0. The van der Waals surface area contributed by atoms with Gasteiger partial charge in [-0.3, -0.25) is 9.80 Å². The molecule has 16 heavy (non-hydrogen) atoms. The van der Waals surface area contributed by atoms with Gasteiger partial charge < -0.3 is 0 Å². The van der Waals surface area contributed by atoms with E-state index in [4.69, 9.17) is 0 Å². The molecule has 2 nitrogen and oxygen atoms in total. The van der Waals surface area contributed by atoms with Crippen molar-refractivity contribution in [3.8, 4) is 0 Å². The van der Waals surface area contributed by atoms with Gasteiger partial charge in [0.05, 0.1) is 0 Å². The minimum atomic E-state index is 0.663. The van der Waals surface area contributed by atoms with E-state index in [9.17, 15) is 0 Å². The third kappa shape index (κ3) is 2.49. The minimum Gasteiger partial charge on any atom is -0.298 e. The molecule has 2 saturated heterocycles. The van der Waals surface area contributed by atoms with Gasteiger partial charge in [-0.05, 0) is 39.7 Å². The van der Waals surface area contributed by atoms with Crippen LogP contribution in [0.25, 0.3) is 0 Å². The molecule has 0 radical (unpaired) electrons. The largest absolute Gasteiger partial charge is 0.298 e. The summed E-state index contributed by atoms with van der Waals surface area (Å²) in [6, 6.07) is 2.21. The highest BCUT2D eigenvalue weighted by molar-refractivity contribution is 4.92. The summed E-state index contributed by atoms with van der Waals surface area (Å²) in [6.07, 6.45) is 7.43. The topological polar surface area (TPSA) is 6.48 Å². The molecular formula is C14H26N2. The van der Waals surface area contributed by atoms with E-state index < -0.39 is 0 Å². The van der Waals surface area contributed by atoms with Crippen molar-refractivity contribution in [1.82, 2.24) is 9.80 Å². The maximum absolute atomic E-state index is 3.86. The molecule has 92 valence electrons. The standard InChI is InChI=1S/C14H26N2/c1-4-7-12(2)16-11-14-8-5-6-9-15(14)10-13(16)3/h4,12-14H,1,5-11H2,2-3H3. The molecule has 2 aliphatic heterocycles. The Kier molecular flexibility index (Phi) is 4.04. The number of nitrogens with zero attached hydrogens (tertiary/aromatic N) is 2. The molecule has 2 aliphatic rings. The highest BCUT2D eigenvalue weighted by Gasteiger charge is 2.34. The molecule has 0 spiro atoms. The van der Waals surface area contributed by atoms with Gasteiger partial charge >= 0.3 is 0 Å². The summed E-state index contributed by atoms with van der Waals surface area (Å²) in [6.45, 7) is 12.5. The monoisotopic (exact) mass is 222 g/mol. The maximum Gasteiger partial charge on any atom is 0.0224 e. The van der Waals surface area contributed by atoms with Gasteiger partial charge in [-0.2, -0.15) is 0 Å². The van der Waals surface area contributed by atoms with E-state index >= 15 is 0 Å². The predicted molar refractivity (Wildman–Crippen MR) is 69.7 cm³/mol. The lowest BCUT2D eigenvalue weighted by atomic mass is 9.95. The summed E-state index contributed by atoms with van der Waals surface area (Å²) in [5.41, 5.74) is 0. The molecule has 0 aromatic heterocycles. The van der Waals surface area contributed by atoms with Crippen molar-refractivity contribution >= 4 is 0 Å². The highest BCUT2D eigenvalue weighted by Crippen LogP contribution is 2.25. The predicted octanol–water partition coefficient (Wildman–Crippen LogP) is 2.51. The van der Waals surface area contributed by atoms with E-state index in [1.165, 1.54) is 38.9 Å². The van der Waals surface area contributed by atoms with Crippen LogP contribution >= 0.6 is 0 Å². The van der Waals surface area contributed by atoms with Crippen LogP contribution in [0.4, 0.5) is 0 Å². The molecule has 3 unspecified atom stereocenters. The fourth-order valence-corrected chi connectivity index (χ4v) is 3.37. The van der Waals surface area contributed by atoms with Crippen molar-refractivity contribution in [3.05, 3.63) is 12.7 Å². The Balaban J connectivity index is 1.97. The lowest BCUT2D eigenvalue weighted by molar-refractivity contribution is -0.00332. The average Bonchev–Trinajstić information content (AvgIpc) is 2.28. The van der Waals surface area contributed by atoms with Gasteiger partial charge in [0.2, 0.25) is 0 Å². The fraction of sp³-hybridized carbons (Fsp3) is 0.857. The zero-order valence-electron chi connectivity index (χ0n) is 10.9. The Morgan fingerprint density at radius 2 is 2.19 bits per heavy atom. The molecular weight excluding hydrogens is 196 g/mol. The summed E-state index contributed by atoms with van der Waals surface area (Å²) in [7, 11) is 0. The average molecular weight is 222 g/mol. The second kappa shape index (κ2) is 5.33. The third-order valence-electron chi connectivity index (χ3n) is 4.31. The summed E-state index contributed by atoms with van der Waals surface area (Å²) in [4.78, 5) is 5.40. The van der Waals surface area contributed by atoms with Gasteiger partial charge in [0, 0.05) is 31.2 Å². The number of fused-ring (bicyclic) bond motifs is 1. The van der Waals surface area contributed by atoms with Crippen molar-refractivity contribution in [2.24, 2.45) is 0 Å². The van der Waals surface area contributed by atoms with Crippen molar-refractivity contribution in [2.45, 2.75) is 57.7 Å². The van der Waals surface area contributed by atoms with E-state index in [0.717, 1.165) is 12.5 Å². The van der Waals surface area contributed by atoms with Gasteiger partial charge in [0.15, 0.2) is 0 Å². The molecule has 0 aliphatic carbocycles. The molecule has 0 bridgehead atoms. The number of hydrogen-bond acceptors (Lipinski definition) is 2. The van der Waals surface area contributed by atoms with Gasteiger partial charge in [-0.25, -0.2) is 0 Å². The quantitative estimate of drug-likeness (QED) is 0.677. The molecule has 2 rings (SSSR count). The van der Waals surface area contributed by atoms with Crippen molar-refractivity contribution in [3.63, 3.8) is 0 Å². The van der Waals surface area contributed by atoms with E-state index in [0.29, 0.717) is 12.1 Å². The molecule has 2 fully saturated rings. The van der Waals surface area contributed by atoms with Crippen LogP contribution in [0.2, 0.25) is 0 Å². The molecule has 0 saturated carbocycles. The van der Waals surface area contributed by atoms with E-state index in [1.54, 1.807) is 0 Å².